The van der Waals surface area contributed by atoms with Gasteiger partial charge in [0.25, 0.3) is 0 Å². The Balaban J connectivity index is 2.57. The van der Waals surface area contributed by atoms with Crippen molar-refractivity contribution in [3.05, 3.63) is 0 Å². The predicted octanol–water partition coefficient (Wildman–Crippen LogP) is 3.62. The molecule has 0 nitrogen and oxygen atoms in total. The SMILES string of the molecule is CC1C[B]C(C(C)(C)C)C(C)C1. The average molecular weight is 165 g/mol. The maximum absolute atomic E-state index is 2.55. The van der Waals surface area contributed by atoms with Crippen LogP contribution in [0.2, 0.25) is 12.1 Å². The highest BCUT2D eigenvalue weighted by atomic mass is 14.3. The zero-order chi connectivity index (χ0) is 9.35. The van der Waals surface area contributed by atoms with Crippen molar-refractivity contribution >= 4 is 7.28 Å². The van der Waals surface area contributed by atoms with E-state index in [0.29, 0.717) is 5.41 Å². The van der Waals surface area contributed by atoms with Crippen molar-refractivity contribution in [2.24, 2.45) is 17.3 Å². The van der Waals surface area contributed by atoms with E-state index in [2.05, 4.69) is 41.9 Å². The summed E-state index contributed by atoms with van der Waals surface area (Å²) in [5.41, 5.74) is 0.472. The van der Waals surface area contributed by atoms with Crippen LogP contribution in [-0.2, 0) is 0 Å². The summed E-state index contributed by atoms with van der Waals surface area (Å²) in [7, 11) is 2.55. The molecule has 3 unspecified atom stereocenters. The summed E-state index contributed by atoms with van der Waals surface area (Å²) in [5.74, 6) is 2.63. The Labute approximate surface area is 78.4 Å². The minimum atomic E-state index is 0.472. The summed E-state index contributed by atoms with van der Waals surface area (Å²) in [6.07, 6.45) is 2.74. The lowest BCUT2D eigenvalue weighted by Crippen LogP contribution is -2.32. The Bertz CT molecular complexity index is 146. The minimum Gasteiger partial charge on any atom is -0.0774 e. The van der Waals surface area contributed by atoms with Crippen molar-refractivity contribution in [3.63, 3.8) is 0 Å². The maximum Gasteiger partial charge on any atom is 0.114 e. The molecule has 12 heavy (non-hydrogen) atoms. The van der Waals surface area contributed by atoms with E-state index in [-0.39, 0.29) is 0 Å². The molecule has 1 aliphatic heterocycles. The molecule has 0 aromatic carbocycles. The van der Waals surface area contributed by atoms with Gasteiger partial charge in [-0.25, -0.2) is 0 Å². The lowest BCUT2D eigenvalue weighted by atomic mass is 9.43. The van der Waals surface area contributed by atoms with E-state index >= 15 is 0 Å². The standard InChI is InChI=1S/C11H22B/c1-8-6-9(2)10(12-7-8)11(3,4)5/h8-10H,6-7H2,1-5H3. The molecule has 69 valence electrons. The van der Waals surface area contributed by atoms with E-state index in [4.69, 9.17) is 0 Å². The van der Waals surface area contributed by atoms with Gasteiger partial charge in [0.15, 0.2) is 0 Å². The second-order valence-corrected chi connectivity index (χ2v) is 5.68. The Kier molecular flexibility index (Phi) is 2.90. The predicted molar refractivity (Wildman–Crippen MR) is 56.7 cm³/mol. The fourth-order valence-electron chi connectivity index (χ4n) is 2.70. The quantitative estimate of drug-likeness (QED) is 0.481. The van der Waals surface area contributed by atoms with Crippen molar-refractivity contribution in [2.45, 2.75) is 53.2 Å². The van der Waals surface area contributed by atoms with E-state index in [1.54, 1.807) is 0 Å². The molecule has 0 aliphatic carbocycles. The highest BCUT2D eigenvalue weighted by molar-refractivity contribution is 6.38. The molecular formula is C11H22B. The molecule has 0 bridgehead atoms. The molecule has 0 aromatic rings. The van der Waals surface area contributed by atoms with Gasteiger partial charge in [-0.1, -0.05) is 52.7 Å². The van der Waals surface area contributed by atoms with Crippen molar-refractivity contribution in [1.82, 2.24) is 0 Å². The molecule has 0 aromatic heterocycles. The summed E-state index contributed by atoms with van der Waals surface area (Å²) in [6.45, 7) is 11.9. The molecule has 1 heteroatoms. The molecule has 0 N–H and O–H groups in total. The van der Waals surface area contributed by atoms with Crippen LogP contribution in [-0.4, -0.2) is 7.28 Å². The van der Waals surface area contributed by atoms with Crippen LogP contribution in [0.1, 0.15) is 41.0 Å². The fourth-order valence-corrected chi connectivity index (χ4v) is 2.70. The van der Waals surface area contributed by atoms with E-state index in [0.717, 1.165) is 17.7 Å². The largest absolute Gasteiger partial charge is 0.114 e. The lowest BCUT2D eigenvalue weighted by molar-refractivity contribution is 0.260. The van der Waals surface area contributed by atoms with Gasteiger partial charge < -0.3 is 0 Å². The van der Waals surface area contributed by atoms with Crippen molar-refractivity contribution in [3.8, 4) is 0 Å². The molecule has 1 fully saturated rings. The fraction of sp³-hybridized carbons (Fsp3) is 1.00. The first-order chi connectivity index (χ1) is 5.41. The van der Waals surface area contributed by atoms with Crippen LogP contribution in [0, 0.1) is 17.3 Å². The minimum absolute atomic E-state index is 0.472. The van der Waals surface area contributed by atoms with Crippen LogP contribution in [0.3, 0.4) is 0 Å². The van der Waals surface area contributed by atoms with Gasteiger partial charge in [-0.2, -0.15) is 0 Å². The van der Waals surface area contributed by atoms with Crippen LogP contribution >= 0.6 is 0 Å². The molecule has 1 saturated heterocycles. The van der Waals surface area contributed by atoms with Crippen molar-refractivity contribution in [1.29, 1.82) is 0 Å². The van der Waals surface area contributed by atoms with Gasteiger partial charge in [0.1, 0.15) is 7.28 Å². The second kappa shape index (κ2) is 3.43. The summed E-state index contributed by atoms with van der Waals surface area (Å²) in [4.78, 5) is 0. The van der Waals surface area contributed by atoms with Crippen LogP contribution in [0.5, 0.6) is 0 Å². The maximum atomic E-state index is 2.55. The number of hydrogen-bond donors (Lipinski definition) is 0. The van der Waals surface area contributed by atoms with Crippen LogP contribution in [0.4, 0.5) is 0 Å². The number of rotatable bonds is 0. The summed E-state index contributed by atoms with van der Waals surface area (Å²) in [6, 6.07) is 0. The van der Waals surface area contributed by atoms with E-state index < -0.39 is 0 Å². The van der Waals surface area contributed by atoms with Gasteiger partial charge in [0.05, 0.1) is 0 Å². The van der Waals surface area contributed by atoms with Crippen molar-refractivity contribution in [2.75, 3.05) is 0 Å². The highest BCUT2D eigenvalue weighted by Gasteiger charge is 2.33. The van der Waals surface area contributed by atoms with E-state index in [1.807, 2.05) is 0 Å². The van der Waals surface area contributed by atoms with Crippen molar-refractivity contribution < 1.29 is 0 Å². The van der Waals surface area contributed by atoms with E-state index in [9.17, 15) is 0 Å². The highest BCUT2D eigenvalue weighted by Crippen LogP contribution is 2.44. The zero-order valence-corrected chi connectivity index (χ0v) is 9.22. The number of hydrogen-bond acceptors (Lipinski definition) is 0. The Hall–Kier alpha value is 0.0649. The van der Waals surface area contributed by atoms with Gasteiger partial charge in [-0.05, 0) is 17.8 Å². The molecular weight excluding hydrogens is 143 g/mol. The summed E-state index contributed by atoms with van der Waals surface area (Å²) in [5, 5.41) is 0. The molecule has 0 spiro atoms. The zero-order valence-electron chi connectivity index (χ0n) is 9.22. The normalized spacial score (nSPS) is 37.6. The molecule has 3 atom stereocenters. The lowest BCUT2D eigenvalue weighted by Gasteiger charge is -2.40. The third-order valence-corrected chi connectivity index (χ3v) is 3.18. The Morgan fingerprint density at radius 3 is 2.17 bits per heavy atom. The van der Waals surface area contributed by atoms with Crippen LogP contribution in [0.25, 0.3) is 0 Å². The molecule has 1 rings (SSSR count). The van der Waals surface area contributed by atoms with Gasteiger partial charge >= 0.3 is 0 Å². The monoisotopic (exact) mass is 165 g/mol. The topological polar surface area (TPSA) is 0 Å². The Morgan fingerprint density at radius 2 is 1.75 bits per heavy atom. The first kappa shape index (κ1) is 10.1. The average Bonchev–Trinajstić information content (AvgIpc) is 1.83. The smallest absolute Gasteiger partial charge is 0.0774 e. The molecule has 1 heterocycles. The molecule has 0 amide bonds. The van der Waals surface area contributed by atoms with Gasteiger partial charge in [0.2, 0.25) is 0 Å². The van der Waals surface area contributed by atoms with Crippen LogP contribution in [0.15, 0.2) is 0 Å². The van der Waals surface area contributed by atoms with E-state index in [1.165, 1.54) is 12.7 Å². The first-order valence-electron chi connectivity index (χ1n) is 5.24. The van der Waals surface area contributed by atoms with Gasteiger partial charge in [-0.15, -0.1) is 0 Å². The first-order valence-corrected chi connectivity index (χ1v) is 5.24. The van der Waals surface area contributed by atoms with Gasteiger partial charge in [0, 0.05) is 0 Å². The third kappa shape index (κ3) is 2.28. The van der Waals surface area contributed by atoms with Gasteiger partial charge in [-0.3, -0.25) is 0 Å². The third-order valence-electron chi connectivity index (χ3n) is 3.18. The van der Waals surface area contributed by atoms with Crippen LogP contribution < -0.4 is 0 Å². The molecule has 1 radical (unpaired) electrons. The summed E-state index contributed by atoms with van der Waals surface area (Å²) < 4.78 is 0. The summed E-state index contributed by atoms with van der Waals surface area (Å²) >= 11 is 0. The molecule has 0 saturated carbocycles. The Morgan fingerprint density at radius 1 is 1.17 bits per heavy atom. The second-order valence-electron chi connectivity index (χ2n) is 5.68. The molecule has 1 aliphatic rings.